The van der Waals surface area contributed by atoms with Gasteiger partial charge in [0.15, 0.2) is 5.96 Å². The van der Waals surface area contributed by atoms with E-state index in [1.165, 1.54) is 18.7 Å². The fraction of sp³-hybridized carbons (Fsp3) is 0.522. The molecule has 0 aliphatic rings. The van der Waals surface area contributed by atoms with Gasteiger partial charge in [-0.3, -0.25) is 19.4 Å². The van der Waals surface area contributed by atoms with E-state index < -0.39 is 47.9 Å². The second kappa shape index (κ2) is 16.4. The van der Waals surface area contributed by atoms with Crippen molar-refractivity contribution in [3.05, 3.63) is 35.9 Å². The summed E-state index contributed by atoms with van der Waals surface area (Å²) in [6, 6.07) is 4.98. The maximum Gasteiger partial charge on any atom is 0.326 e. The van der Waals surface area contributed by atoms with Crippen molar-refractivity contribution in [2.24, 2.45) is 22.2 Å². The highest BCUT2D eigenvalue weighted by Gasteiger charge is 2.30. The largest absolute Gasteiger partial charge is 0.480 e. The second-order valence-corrected chi connectivity index (χ2v) is 9.22. The lowest BCUT2D eigenvalue weighted by Crippen LogP contribution is -2.57. The number of carbonyl (C=O) groups is 4. The highest BCUT2D eigenvalue weighted by Crippen LogP contribution is 2.08. The smallest absolute Gasteiger partial charge is 0.326 e. The van der Waals surface area contributed by atoms with Gasteiger partial charge in [-0.15, -0.1) is 0 Å². The molecule has 4 atom stereocenters. The molecule has 10 N–H and O–H groups in total. The van der Waals surface area contributed by atoms with Crippen LogP contribution in [0.25, 0.3) is 0 Å². The monoisotopic (exact) mass is 523 g/mol. The van der Waals surface area contributed by atoms with Crippen LogP contribution in [-0.2, 0) is 25.6 Å². The first kappa shape index (κ1) is 30.7. The Hall–Kier alpha value is -3.32. The number of amides is 3. The summed E-state index contributed by atoms with van der Waals surface area (Å²) < 4.78 is 0. The molecule has 0 aliphatic carbocycles. The van der Waals surface area contributed by atoms with Gasteiger partial charge in [-0.1, -0.05) is 30.3 Å². The number of nitrogens with zero attached hydrogens (tertiary/aromatic N) is 1. The fourth-order valence-electron chi connectivity index (χ4n) is 3.17. The average Bonchev–Trinajstić information content (AvgIpc) is 2.83. The number of aliphatic imine (C=N–C) groups is 1. The van der Waals surface area contributed by atoms with E-state index in [0.717, 1.165) is 5.56 Å². The molecule has 36 heavy (non-hydrogen) atoms. The predicted octanol–water partition coefficient (Wildman–Crippen LogP) is -1.08. The van der Waals surface area contributed by atoms with E-state index in [1.807, 2.05) is 12.3 Å². The number of guanidine groups is 1. The molecule has 0 aliphatic heterocycles. The molecule has 0 aromatic heterocycles. The number of carboxylic acid groups (broad SMARTS) is 1. The zero-order chi connectivity index (χ0) is 27.1. The van der Waals surface area contributed by atoms with E-state index >= 15 is 0 Å². The summed E-state index contributed by atoms with van der Waals surface area (Å²) in [4.78, 5) is 53.9. The Bertz CT molecular complexity index is 894. The second-order valence-electron chi connectivity index (χ2n) is 8.23. The molecular formula is C23H37N7O5S. The van der Waals surface area contributed by atoms with Crippen LogP contribution in [0.2, 0.25) is 0 Å². The van der Waals surface area contributed by atoms with Gasteiger partial charge in [-0.25, -0.2) is 4.79 Å². The van der Waals surface area contributed by atoms with E-state index in [1.54, 1.807) is 24.3 Å². The summed E-state index contributed by atoms with van der Waals surface area (Å²) in [6.45, 7) is 1.71. The van der Waals surface area contributed by atoms with Crippen molar-refractivity contribution in [1.82, 2.24) is 16.0 Å². The van der Waals surface area contributed by atoms with Gasteiger partial charge in [0.2, 0.25) is 17.7 Å². The molecule has 0 saturated carbocycles. The van der Waals surface area contributed by atoms with Crippen molar-refractivity contribution in [3.63, 3.8) is 0 Å². The average molecular weight is 524 g/mol. The molecule has 4 unspecified atom stereocenters. The number of nitrogens with two attached hydrogens (primary N) is 3. The Kier molecular flexibility index (Phi) is 14.0. The maximum absolute atomic E-state index is 13.1. The van der Waals surface area contributed by atoms with Crippen LogP contribution in [-0.4, -0.2) is 77.5 Å². The lowest BCUT2D eigenvalue weighted by molar-refractivity contribution is -0.142. The Morgan fingerprint density at radius 3 is 2.08 bits per heavy atom. The summed E-state index contributed by atoms with van der Waals surface area (Å²) in [7, 11) is 0. The molecule has 13 heteroatoms. The van der Waals surface area contributed by atoms with Gasteiger partial charge in [-0.2, -0.15) is 11.8 Å². The molecule has 0 saturated heterocycles. The molecule has 0 bridgehead atoms. The van der Waals surface area contributed by atoms with Gasteiger partial charge < -0.3 is 38.3 Å². The summed E-state index contributed by atoms with van der Waals surface area (Å²) >= 11 is 1.50. The lowest BCUT2D eigenvalue weighted by Gasteiger charge is -2.25. The Labute approximate surface area is 215 Å². The summed E-state index contributed by atoms with van der Waals surface area (Å²) in [5.74, 6) is -2.46. The minimum absolute atomic E-state index is 0.0879. The molecule has 0 heterocycles. The predicted molar refractivity (Wildman–Crippen MR) is 140 cm³/mol. The van der Waals surface area contributed by atoms with Crippen LogP contribution in [0.1, 0.15) is 31.7 Å². The minimum atomic E-state index is -1.22. The number of nitrogens with one attached hydrogen (secondary N) is 3. The SMILES string of the molecule is CSCCC(NC(=O)C(C)N)C(=O)NC(Cc1ccccc1)C(=O)NC(CCCN=C(N)N)C(=O)O. The van der Waals surface area contributed by atoms with Crippen molar-refractivity contribution in [3.8, 4) is 0 Å². The Morgan fingerprint density at radius 2 is 1.53 bits per heavy atom. The van der Waals surface area contributed by atoms with Crippen molar-refractivity contribution in [2.45, 2.75) is 56.8 Å². The van der Waals surface area contributed by atoms with Gasteiger partial charge in [0.05, 0.1) is 6.04 Å². The van der Waals surface area contributed by atoms with Crippen LogP contribution >= 0.6 is 11.8 Å². The maximum atomic E-state index is 13.1. The minimum Gasteiger partial charge on any atom is -0.480 e. The summed E-state index contributed by atoms with van der Waals surface area (Å²) in [6.07, 6.45) is 2.73. The van der Waals surface area contributed by atoms with Gasteiger partial charge in [0.25, 0.3) is 0 Å². The summed E-state index contributed by atoms with van der Waals surface area (Å²) in [5.41, 5.74) is 16.9. The van der Waals surface area contributed by atoms with E-state index in [-0.39, 0.29) is 25.3 Å². The van der Waals surface area contributed by atoms with Crippen LogP contribution in [0.4, 0.5) is 0 Å². The zero-order valence-corrected chi connectivity index (χ0v) is 21.4. The molecular weight excluding hydrogens is 486 g/mol. The van der Waals surface area contributed by atoms with Gasteiger partial charge >= 0.3 is 5.97 Å². The Balaban J connectivity index is 3.04. The van der Waals surface area contributed by atoms with Crippen LogP contribution in [0.3, 0.4) is 0 Å². The molecule has 1 aromatic rings. The first-order chi connectivity index (χ1) is 17.0. The van der Waals surface area contributed by atoms with E-state index in [9.17, 15) is 24.3 Å². The topological polar surface area (TPSA) is 215 Å². The number of carbonyl (C=O) groups excluding carboxylic acids is 3. The number of hydrogen-bond acceptors (Lipinski definition) is 7. The number of hydrogen-bond donors (Lipinski definition) is 7. The molecule has 0 spiro atoms. The number of benzene rings is 1. The number of carboxylic acids is 1. The zero-order valence-electron chi connectivity index (χ0n) is 20.6. The molecule has 0 fully saturated rings. The summed E-state index contributed by atoms with van der Waals surface area (Å²) in [5, 5.41) is 17.4. The molecule has 1 aromatic carbocycles. The van der Waals surface area contributed by atoms with Crippen molar-refractivity contribution in [2.75, 3.05) is 18.6 Å². The quantitative estimate of drug-likeness (QED) is 0.0795. The molecule has 12 nitrogen and oxygen atoms in total. The van der Waals surface area contributed by atoms with Crippen LogP contribution < -0.4 is 33.2 Å². The third-order valence-electron chi connectivity index (χ3n) is 5.13. The fourth-order valence-corrected chi connectivity index (χ4v) is 3.64. The van der Waals surface area contributed by atoms with Crippen LogP contribution in [0.5, 0.6) is 0 Å². The Morgan fingerprint density at radius 1 is 0.944 bits per heavy atom. The standard InChI is InChI=1S/C23H37N7O5S/c1-14(24)19(31)28-16(10-12-36-2)20(32)30-18(13-15-7-4-3-5-8-15)21(33)29-17(22(34)35)9-6-11-27-23(25)26/h3-5,7-8,14,16-18H,6,9-13,24H2,1-2H3,(H,28,31)(H,29,33)(H,30,32)(H,34,35)(H4,25,26,27). The lowest BCUT2D eigenvalue weighted by atomic mass is 10.0. The van der Waals surface area contributed by atoms with Gasteiger partial charge in [0.1, 0.15) is 18.1 Å². The first-order valence-electron chi connectivity index (χ1n) is 11.5. The van der Waals surface area contributed by atoms with E-state index in [4.69, 9.17) is 17.2 Å². The molecule has 3 amide bonds. The number of rotatable bonds is 16. The van der Waals surface area contributed by atoms with Gasteiger partial charge in [-0.05, 0) is 43.8 Å². The van der Waals surface area contributed by atoms with Crippen LogP contribution in [0, 0.1) is 0 Å². The third kappa shape index (κ3) is 11.9. The highest BCUT2D eigenvalue weighted by atomic mass is 32.2. The third-order valence-corrected chi connectivity index (χ3v) is 5.78. The normalized spacial score (nSPS) is 14.0. The first-order valence-corrected chi connectivity index (χ1v) is 12.9. The van der Waals surface area contributed by atoms with E-state index in [2.05, 4.69) is 20.9 Å². The number of thioether (sulfide) groups is 1. The van der Waals surface area contributed by atoms with Crippen molar-refractivity contribution >= 4 is 41.4 Å². The molecule has 1 rings (SSSR count). The van der Waals surface area contributed by atoms with Crippen LogP contribution in [0.15, 0.2) is 35.3 Å². The number of aliphatic carboxylic acids is 1. The van der Waals surface area contributed by atoms with Gasteiger partial charge in [0, 0.05) is 13.0 Å². The van der Waals surface area contributed by atoms with E-state index in [0.29, 0.717) is 18.6 Å². The van der Waals surface area contributed by atoms with Crippen molar-refractivity contribution in [1.29, 1.82) is 0 Å². The van der Waals surface area contributed by atoms with Crippen molar-refractivity contribution < 1.29 is 24.3 Å². The molecule has 200 valence electrons. The highest BCUT2D eigenvalue weighted by molar-refractivity contribution is 7.98. The molecule has 0 radical (unpaired) electrons.